The summed E-state index contributed by atoms with van der Waals surface area (Å²) in [5.74, 6) is 2.31. The molecule has 0 aliphatic heterocycles. The molecule has 0 saturated heterocycles. The van der Waals surface area contributed by atoms with Gasteiger partial charge in [-0.15, -0.1) is 21.5 Å². The fraction of sp³-hybridized carbons (Fsp3) is 0.269. The normalized spacial score (nSPS) is 14.2. The Morgan fingerprint density at radius 1 is 1.03 bits per heavy atom. The van der Waals surface area contributed by atoms with Gasteiger partial charge in [0.15, 0.2) is 5.16 Å². The van der Waals surface area contributed by atoms with E-state index in [-0.39, 0.29) is 11.9 Å². The molecular weight excluding hydrogens is 448 g/mol. The van der Waals surface area contributed by atoms with Crippen molar-refractivity contribution in [3.8, 4) is 0 Å². The number of thiophene rings is 1. The molecule has 2 aromatic carbocycles. The molecule has 1 atom stereocenters. The number of carbonyl (C=O) groups excluding carboxylic acids is 1. The third kappa shape index (κ3) is 5.54. The summed E-state index contributed by atoms with van der Waals surface area (Å²) < 4.78 is 2.23. The van der Waals surface area contributed by atoms with Gasteiger partial charge in [0.2, 0.25) is 5.91 Å². The zero-order valence-electron chi connectivity index (χ0n) is 18.3. The van der Waals surface area contributed by atoms with Gasteiger partial charge in [-0.2, -0.15) is 0 Å². The van der Waals surface area contributed by atoms with E-state index in [1.54, 1.807) is 23.1 Å². The molecule has 2 aromatic heterocycles. The molecular formula is C26H26N4OS2. The van der Waals surface area contributed by atoms with E-state index >= 15 is 0 Å². The predicted molar refractivity (Wildman–Crippen MR) is 134 cm³/mol. The van der Waals surface area contributed by atoms with Gasteiger partial charge in [0.1, 0.15) is 5.82 Å². The quantitative estimate of drug-likeness (QED) is 0.302. The minimum absolute atomic E-state index is 0.0429. The summed E-state index contributed by atoms with van der Waals surface area (Å²) in [6.45, 7) is 0.767. The van der Waals surface area contributed by atoms with E-state index < -0.39 is 0 Å². The van der Waals surface area contributed by atoms with E-state index in [1.807, 2.05) is 35.7 Å². The van der Waals surface area contributed by atoms with Gasteiger partial charge in [-0.1, -0.05) is 78.5 Å². The molecule has 2 heterocycles. The van der Waals surface area contributed by atoms with Gasteiger partial charge in [-0.25, -0.2) is 0 Å². The van der Waals surface area contributed by atoms with Crippen molar-refractivity contribution in [3.05, 3.63) is 100 Å². The molecule has 1 saturated carbocycles. The molecule has 1 unspecified atom stereocenters. The first-order chi connectivity index (χ1) is 16.3. The van der Waals surface area contributed by atoms with Crippen molar-refractivity contribution in [3.63, 3.8) is 0 Å². The monoisotopic (exact) mass is 474 g/mol. The smallest absolute Gasteiger partial charge is 0.221 e. The number of nitrogens with one attached hydrogen (secondary N) is 1. The van der Waals surface area contributed by atoms with Gasteiger partial charge < -0.3 is 9.88 Å². The Hall–Kier alpha value is -2.90. The molecule has 5 nitrogen and oxygen atoms in total. The molecule has 5 rings (SSSR count). The average Bonchev–Trinajstić information content (AvgIpc) is 3.39. The standard InChI is InChI=1S/C26H26N4OS2/c31-23(27-24(22-12-7-16-32-22)20-10-5-2-6-11-20)15-17-33-26-29-28-25(21-13-14-21)30(26)18-19-8-3-1-4-9-19/h1-12,16,21,24H,13-15,17-18H2,(H,27,31). The Kier molecular flexibility index (Phi) is 6.88. The third-order valence-corrected chi connectivity index (χ3v) is 7.60. The summed E-state index contributed by atoms with van der Waals surface area (Å²) in [4.78, 5) is 14.0. The number of aromatic nitrogens is 3. The van der Waals surface area contributed by atoms with Crippen LogP contribution in [0.3, 0.4) is 0 Å². The van der Waals surface area contributed by atoms with Gasteiger partial charge in [0.05, 0.1) is 12.6 Å². The maximum atomic E-state index is 12.8. The zero-order chi connectivity index (χ0) is 22.5. The van der Waals surface area contributed by atoms with Crippen molar-refractivity contribution in [2.24, 2.45) is 0 Å². The molecule has 0 bridgehead atoms. The third-order valence-electron chi connectivity index (χ3n) is 5.70. The van der Waals surface area contributed by atoms with Crippen molar-refractivity contribution in [2.45, 2.75) is 42.9 Å². The van der Waals surface area contributed by atoms with Crippen LogP contribution in [0.1, 0.15) is 53.1 Å². The van der Waals surface area contributed by atoms with Crippen molar-refractivity contribution in [2.75, 3.05) is 5.75 Å². The van der Waals surface area contributed by atoms with Gasteiger partial charge in [0, 0.05) is 23.0 Å². The van der Waals surface area contributed by atoms with Crippen LogP contribution in [0.4, 0.5) is 0 Å². The van der Waals surface area contributed by atoms with E-state index in [9.17, 15) is 4.79 Å². The Balaban J connectivity index is 1.23. The molecule has 168 valence electrons. The number of nitrogens with zero attached hydrogens (tertiary/aromatic N) is 3. The van der Waals surface area contributed by atoms with Gasteiger partial charge >= 0.3 is 0 Å². The first-order valence-electron chi connectivity index (χ1n) is 11.3. The van der Waals surface area contributed by atoms with Crippen LogP contribution >= 0.6 is 23.1 Å². The predicted octanol–water partition coefficient (Wildman–Crippen LogP) is 5.65. The Morgan fingerprint density at radius 2 is 1.79 bits per heavy atom. The minimum Gasteiger partial charge on any atom is -0.344 e. The van der Waals surface area contributed by atoms with Crippen LogP contribution in [0.2, 0.25) is 0 Å². The number of rotatable bonds is 10. The van der Waals surface area contributed by atoms with Crippen LogP contribution in [0.25, 0.3) is 0 Å². The summed E-state index contributed by atoms with van der Waals surface area (Å²) >= 11 is 3.27. The van der Waals surface area contributed by atoms with E-state index in [1.165, 1.54) is 18.4 Å². The lowest BCUT2D eigenvalue weighted by molar-refractivity contribution is -0.121. The van der Waals surface area contributed by atoms with E-state index in [2.05, 4.69) is 62.5 Å². The highest BCUT2D eigenvalue weighted by molar-refractivity contribution is 7.99. The fourth-order valence-corrected chi connectivity index (χ4v) is 5.54. The number of carbonyl (C=O) groups is 1. The molecule has 1 amide bonds. The van der Waals surface area contributed by atoms with E-state index in [0.717, 1.165) is 28.0 Å². The SMILES string of the molecule is O=C(CCSc1nnc(C2CC2)n1Cc1ccccc1)NC(c1ccccc1)c1cccs1. The lowest BCUT2D eigenvalue weighted by atomic mass is 10.1. The Morgan fingerprint density at radius 3 is 2.48 bits per heavy atom. The lowest BCUT2D eigenvalue weighted by Gasteiger charge is -2.18. The molecule has 0 radical (unpaired) electrons. The zero-order valence-corrected chi connectivity index (χ0v) is 19.9. The van der Waals surface area contributed by atoms with E-state index in [0.29, 0.717) is 18.1 Å². The molecule has 4 aromatic rings. The van der Waals surface area contributed by atoms with Crippen molar-refractivity contribution < 1.29 is 4.79 Å². The lowest BCUT2D eigenvalue weighted by Crippen LogP contribution is -2.29. The van der Waals surface area contributed by atoms with Crippen LogP contribution in [-0.4, -0.2) is 26.4 Å². The first kappa shape index (κ1) is 21.9. The molecule has 7 heteroatoms. The first-order valence-corrected chi connectivity index (χ1v) is 13.1. The van der Waals surface area contributed by atoms with Crippen LogP contribution < -0.4 is 5.32 Å². The molecule has 1 N–H and O–H groups in total. The maximum Gasteiger partial charge on any atom is 0.221 e. The number of benzene rings is 2. The van der Waals surface area contributed by atoms with Gasteiger partial charge in [-0.05, 0) is 35.4 Å². The van der Waals surface area contributed by atoms with Gasteiger partial charge in [0.25, 0.3) is 0 Å². The summed E-state index contributed by atoms with van der Waals surface area (Å²) in [5, 5.41) is 15.1. The molecule has 33 heavy (non-hydrogen) atoms. The van der Waals surface area contributed by atoms with Crippen LogP contribution in [0.15, 0.2) is 83.3 Å². The second kappa shape index (κ2) is 10.4. The summed E-state index contributed by atoms with van der Waals surface area (Å²) in [5.41, 5.74) is 2.33. The van der Waals surface area contributed by atoms with E-state index in [4.69, 9.17) is 0 Å². The highest BCUT2D eigenvalue weighted by atomic mass is 32.2. The molecule has 1 aliphatic rings. The summed E-state index contributed by atoms with van der Waals surface area (Å²) in [7, 11) is 0. The topological polar surface area (TPSA) is 59.8 Å². The highest BCUT2D eigenvalue weighted by Crippen LogP contribution is 2.40. The van der Waals surface area contributed by atoms with Crippen molar-refractivity contribution >= 4 is 29.0 Å². The largest absolute Gasteiger partial charge is 0.344 e. The van der Waals surface area contributed by atoms with Crippen LogP contribution in [0.5, 0.6) is 0 Å². The Bertz CT molecular complexity index is 1170. The highest BCUT2D eigenvalue weighted by Gasteiger charge is 2.30. The van der Waals surface area contributed by atoms with Crippen molar-refractivity contribution in [1.29, 1.82) is 0 Å². The molecule has 1 aliphatic carbocycles. The van der Waals surface area contributed by atoms with Crippen molar-refractivity contribution in [1.82, 2.24) is 20.1 Å². The minimum atomic E-state index is -0.119. The fourth-order valence-electron chi connectivity index (χ4n) is 3.85. The number of amides is 1. The number of hydrogen-bond acceptors (Lipinski definition) is 5. The van der Waals surface area contributed by atoms with Gasteiger partial charge in [-0.3, -0.25) is 4.79 Å². The maximum absolute atomic E-state index is 12.8. The number of thioether (sulfide) groups is 1. The van der Waals surface area contributed by atoms with Crippen LogP contribution in [-0.2, 0) is 11.3 Å². The second-order valence-corrected chi connectivity index (χ2v) is 10.3. The number of hydrogen-bond donors (Lipinski definition) is 1. The molecule has 1 fully saturated rings. The second-order valence-electron chi connectivity index (χ2n) is 8.21. The summed E-state index contributed by atoms with van der Waals surface area (Å²) in [6, 6.07) is 24.5. The average molecular weight is 475 g/mol. The van der Waals surface area contributed by atoms with Crippen LogP contribution in [0, 0.1) is 0 Å². The Labute approximate surface area is 202 Å². The summed E-state index contributed by atoms with van der Waals surface area (Å²) in [6.07, 6.45) is 2.80. The molecule has 0 spiro atoms.